The van der Waals surface area contributed by atoms with Crippen molar-refractivity contribution in [3.8, 4) is 0 Å². The van der Waals surface area contributed by atoms with E-state index in [0.717, 1.165) is 11.1 Å². The van der Waals surface area contributed by atoms with E-state index in [0.29, 0.717) is 0 Å². The monoisotopic (exact) mass is 236 g/mol. The zero-order valence-electron chi connectivity index (χ0n) is 7.89. The summed E-state index contributed by atoms with van der Waals surface area (Å²) in [5.41, 5.74) is 0.239. The standard InChI is InChI=1S/C9H10Cl2O3/c1-5-3-9(7(10)12,8(11)13)14-4-6(5)2/h3-4H2,1-2H3. The van der Waals surface area contributed by atoms with Gasteiger partial charge in [0, 0.05) is 6.42 Å². The highest BCUT2D eigenvalue weighted by Gasteiger charge is 2.47. The normalized spacial score (nSPS) is 20.9. The summed E-state index contributed by atoms with van der Waals surface area (Å²) in [6.45, 7) is 3.91. The molecule has 1 rings (SSSR count). The molecule has 0 aliphatic carbocycles. The SMILES string of the molecule is CC1=C(C)CC(C(=O)Cl)(C(=O)Cl)OC1. The van der Waals surface area contributed by atoms with Crippen molar-refractivity contribution in [2.75, 3.05) is 6.61 Å². The molecule has 0 N–H and O–H groups in total. The summed E-state index contributed by atoms with van der Waals surface area (Å²) in [5, 5.41) is -1.71. The van der Waals surface area contributed by atoms with Gasteiger partial charge in [0.2, 0.25) is 5.60 Å². The summed E-state index contributed by atoms with van der Waals surface area (Å²) in [6.07, 6.45) is 0.142. The molecule has 1 aliphatic rings. The van der Waals surface area contributed by atoms with E-state index < -0.39 is 16.1 Å². The number of rotatable bonds is 2. The molecule has 78 valence electrons. The fraction of sp³-hybridized carbons (Fsp3) is 0.556. The van der Waals surface area contributed by atoms with Gasteiger partial charge >= 0.3 is 0 Å². The Bertz CT molecular complexity index is 306. The van der Waals surface area contributed by atoms with Gasteiger partial charge in [0.05, 0.1) is 6.61 Å². The van der Waals surface area contributed by atoms with Crippen molar-refractivity contribution in [2.45, 2.75) is 25.9 Å². The van der Waals surface area contributed by atoms with E-state index in [1.165, 1.54) is 0 Å². The summed E-state index contributed by atoms with van der Waals surface area (Å²) < 4.78 is 5.15. The highest BCUT2D eigenvalue weighted by molar-refractivity contribution is 6.76. The average Bonchev–Trinajstić information content (AvgIpc) is 2.09. The van der Waals surface area contributed by atoms with Crippen LogP contribution in [0.25, 0.3) is 0 Å². The predicted octanol–water partition coefficient (Wildman–Crippen LogP) is 2.01. The number of ether oxygens (including phenoxy) is 1. The van der Waals surface area contributed by atoms with E-state index in [1.54, 1.807) is 0 Å². The predicted molar refractivity (Wildman–Crippen MR) is 53.4 cm³/mol. The fourth-order valence-corrected chi connectivity index (χ4v) is 1.72. The van der Waals surface area contributed by atoms with E-state index in [-0.39, 0.29) is 13.0 Å². The molecule has 1 aliphatic heterocycles. The molecule has 0 atom stereocenters. The molecule has 0 aromatic rings. The second kappa shape index (κ2) is 4.01. The van der Waals surface area contributed by atoms with Gasteiger partial charge in [-0.05, 0) is 42.6 Å². The molecule has 14 heavy (non-hydrogen) atoms. The van der Waals surface area contributed by atoms with Gasteiger partial charge in [-0.3, -0.25) is 9.59 Å². The molecule has 3 nitrogen and oxygen atoms in total. The molecule has 0 amide bonds. The van der Waals surface area contributed by atoms with E-state index >= 15 is 0 Å². The minimum atomic E-state index is -1.67. The van der Waals surface area contributed by atoms with E-state index in [9.17, 15) is 9.59 Å². The molecule has 0 saturated heterocycles. The summed E-state index contributed by atoms with van der Waals surface area (Å²) in [4.78, 5) is 22.3. The molecular weight excluding hydrogens is 227 g/mol. The molecule has 0 bridgehead atoms. The lowest BCUT2D eigenvalue weighted by Crippen LogP contribution is -2.47. The Balaban J connectivity index is 3.07. The van der Waals surface area contributed by atoms with Crippen LogP contribution in [0.4, 0.5) is 0 Å². The van der Waals surface area contributed by atoms with Crippen LogP contribution in [0.1, 0.15) is 20.3 Å². The van der Waals surface area contributed by atoms with Crippen molar-refractivity contribution in [3.63, 3.8) is 0 Å². The maximum atomic E-state index is 11.1. The van der Waals surface area contributed by atoms with Crippen molar-refractivity contribution in [2.24, 2.45) is 0 Å². The third kappa shape index (κ3) is 1.85. The third-order valence-corrected chi connectivity index (χ3v) is 3.02. The largest absolute Gasteiger partial charge is 0.352 e. The number of halogens is 2. The fourth-order valence-electron chi connectivity index (χ4n) is 1.26. The maximum absolute atomic E-state index is 11.1. The molecule has 0 aromatic carbocycles. The number of carbonyl (C=O) groups is 2. The average molecular weight is 237 g/mol. The smallest absolute Gasteiger partial charge is 0.263 e. The molecule has 0 aromatic heterocycles. The van der Waals surface area contributed by atoms with Gasteiger partial charge in [-0.2, -0.15) is 0 Å². The van der Waals surface area contributed by atoms with E-state index in [2.05, 4.69) is 0 Å². The Morgan fingerprint density at radius 2 is 1.71 bits per heavy atom. The second-order valence-electron chi connectivity index (χ2n) is 3.40. The van der Waals surface area contributed by atoms with Gasteiger partial charge in [0.25, 0.3) is 10.5 Å². The molecule has 0 spiro atoms. The zero-order valence-corrected chi connectivity index (χ0v) is 9.41. The van der Waals surface area contributed by atoms with Gasteiger partial charge in [-0.15, -0.1) is 0 Å². The van der Waals surface area contributed by atoms with Crippen LogP contribution in [-0.2, 0) is 14.3 Å². The number of hydrogen-bond donors (Lipinski definition) is 0. The van der Waals surface area contributed by atoms with Crippen LogP contribution in [0.15, 0.2) is 11.1 Å². The zero-order chi connectivity index (χ0) is 10.9. The quantitative estimate of drug-likeness (QED) is 0.419. The van der Waals surface area contributed by atoms with Crippen LogP contribution in [0, 0.1) is 0 Å². The Labute approximate surface area is 92.0 Å². The van der Waals surface area contributed by atoms with E-state index in [1.807, 2.05) is 13.8 Å². The highest BCUT2D eigenvalue weighted by Crippen LogP contribution is 2.32. The highest BCUT2D eigenvalue weighted by atomic mass is 35.5. The Hall–Kier alpha value is -0.380. The molecular formula is C9H10Cl2O3. The second-order valence-corrected chi connectivity index (χ2v) is 4.09. The summed E-state index contributed by atoms with van der Waals surface area (Å²) in [7, 11) is 0. The van der Waals surface area contributed by atoms with Gasteiger partial charge in [0.15, 0.2) is 0 Å². The van der Waals surface area contributed by atoms with Crippen LogP contribution in [0.2, 0.25) is 0 Å². The molecule has 0 saturated carbocycles. The summed E-state index contributed by atoms with van der Waals surface area (Å²) >= 11 is 10.7. The first-order valence-electron chi connectivity index (χ1n) is 4.09. The van der Waals surface area contributed by atoms with Gasteiger partial charge < -0.3 is 4.74 Å². The first-order valence-corrected chi connectivity index (χ1v) is 4.85. The van der Waals surface area contributed by atoms with Gasteiger partial charge in [-0.1, -0.05) is 5.57 Å². The number of hydrogen-bond acceptors (Lipinski definition) is 3. The van der Waals surface area contributed by atoms with Crippen LogP contribution in [0.3, 0.4) is 0 Å². The number of carbonyl (C=O) groups excluding carboxylic acids is 2. The Morgan fingerprint density at radius 3 is 2.07 bits per heavy atom. The minimum absolute atomic E-state index is 0.142. The molecule has 0 radical (unpaired) electrons. The van der Waals surface area contributed by atoms with Crippen molar-refractivity contribution < 1.29 is 14.3 Å². The molecule has 0 fully saturated rings. The van der Waals surface area contributed by atoms with Crippen LogP contribution >= 0.6 is 23.2 Å². The Kier molecular flexibility index (Phi) is 3.35. The summed E-state index contributed by atoms with van der Waals surface area (Å²) in [6, 6.07) is 0. The first kappa shape index (κ1) is 11.7. The minimum Gasteiger partial charge on any atom is -0.352 e. The Morgan fingerprint density at radius 1 is 1.21 bits per heavy atom. The van der Waals surface area contributed by atoms with Crippen LogP contribution < -0.4 is 0 Å². The van der Waals surface area contributed by atoms with E-state index in [4.69, 9.17) is 27.9 Å². The van der Waals surface area contributed by atoms with Gasteiger partial charge in [-0.25, -0.2) is 0 Å². The van der Waals surface area contributed by atoms with Crippen molar-refractivity contribution in [1.82, 2.24) is 0 Å². The van der Waals surface area contributed by atoms with Crippen LogP contribution in [-0.4, -0.2) is 22.7 Å². The van der Waals surface area contributed by atoms with Gasteiger partial charge in [0.1, 0.15) is 0 Å². The molecule has 0 unspecified atom stereocenters. The first-order chi connectivity index (χ1) is 6.40. The molecule has 1 heterocycles. The maximum Gasteiger partial charge on any atom is 0.263 e. The lowest BCUT2D eigenvalue weighted by Gasteiger charge is -2.31. The van der Waals surface area contributed by atoms with Crippen LogP contribution in [0.5, 0.6) is 0 Å². The third-order valence-electron chi connectivity index (χ3n) is 2.41. The summed E-state index contributed by atoms with van der Waals surface area (Å²) in [5.74, 6) is 0. The van der Waals surface area contributed by atoms with Crippen molar-refractivity contribution in [3.05, 3.63) is 11.1 Å². The lowest BCUT2D eigenvalue weighted by atomic mass is 9.92. The topological polar surface area (TPSA) is 43.4 Å². The van der Waals surface area contributed by atoms with Crippen molar-refractivity contribution >= 4 is 33.7 Å². The molecule has 5 heteroatoms. The lowest BCUT2D eigenvalue weighted by molar-refractivity contribution is -0.147. The van der Waals surface area contributed by atoms with Crippen molar-refractivity contribution in [1.29, 1.82) is 0 Å².